The quantitative estimate of drug-likeness (QED) is 0.559. The number of nitrogens with zero attached hydrogens (tertiary/aromatic N) is 5. The van der Waals surface area contributed by atoms with Crippen LogP contribution in [0.15, 0.2) is 41.6 Å². The number of hydrogen-bond acceptors (Lipinski definition) is 5. The van der Waals surface area contributed by atoms with Crippen molar-refractivity contribution in [3.63, 3.8) is 0 Å². The summed E-state index contributed by atoms with van der Waals surface area (Å²) in [7, 11) is 0. The lowest BCUT2D eigenvalue weighted by atomic mass is 9.97. The van der Waals surface area contributed by atoms with Crippen molar-refractivity contribution in [2.24, 2.45) is 0 Å². The molecule has 6 rings (SSSR count). The van der Waals surface area contributed by atoms with Gasteiger partial charge in [-0.05, 0) is 75.2 Å². The molecule has 1 spiro atoms. The lowest BCUT2D eigenvalue weighted by molar-refractivity contribution is 0.282. The van der Waals surface area contributed by atoms with Crippen molar-refractivity contribution in [2.75, 3.05) is 6.54 Å². The van der Waals surface area contributed by atoms with E-state index in [1.54, 1.807) is 10.7 Å². The largest absolute Gasteiger partial charge is 0.312 e. The maximum Gasteiger partial charge on any atom is 0.260 e. The van der Waals surface area contributed by atoms with Gasteiger partial charge in [-0.3, -0.25) is 9.78 Å². The van der Waals surface area contributed by atoms with E-state index in [4.69, 9.17) is 0 Å². The first-order valence-electron chi connectivity index (χ1n) is 10.6. The maximum atomic E-state index is 13.2. The van der Waals surface area contributed by atoms with Gasteiger partial charge < -0.3 is 9.88 Å². The van der Waals surface area contributed by atoms with E-state index in [0.717, 1.165) is 53.1 Å². The molecule has 4 aromatic heterocycles. The van der Waals surface area contributed by atoms with Gasteiger partial charge in [0.2, 0.25) is 0 Å². The van der Waals surface area contributed by atoms with Crippen LogP contribution < -0.4 is 10.9 Å². The molecule has 4 aromatic rings. The Morgan fingerprint density at radius 1 is 1.20 bits per heavy atom. The standard InChI is InChI=1S/C23H24N6O/c1-14-9-20(27-29-13-15(2)26-21(14)29)19-10-16-4-8-28(22(30)18(16)12-24-19)17-3-7-25-23(11-17)5-6-23/h4,8-10,12-13,17,25H,3,5-7,11H2,1-2H3. The Labute approximate surface area is 173 Å². The molecular formula is C23H24N6O. The van der Waals surface area contributed by atoms with E-state index >= 15 is 0 Å². The van der Waals surface area contributed by atoms with Gasteiger partial charge in [0.05, 0.1) is 23.0 Å². The van der Waals surface area contributed by atoms with E-state index in [2.05, 4.69) is 20.4 Å². The zero-order valence-electron chi connectivity index (χ0n) is 17.2. The second-order valence-corrected chi connectivity index (χ2v) is 8.90. The molecule has 30 heavy (non-hydrogen) atoms. The maximum absolute atomic E-state index is 13.2. The Morgan fingerprint density at radius 3 is 2.90 bits per heavy atom. The highest BCUT2D eigenvalue weighted by atomic mass is 16.1. The van der Waals surface area contributed by atoms with E-state index < -0.39 is 0 Å². The number of aromatic nitrogens is 5. The normalized spacial score (nSPS) is 20.3. The predicted octanol–water partition coefficient (Wildman–Crippen LogP) is 3.18. The predicted molar refractivity (Wildman–Crippen MR) is 116 cm³/mol. The second-order valence-electron chi connectivity index (χ2n) is 8.90. The molecule has 5 heterocycles. The number of piperidine rings is 1. The van der Waals surface area contributed by atoms with Gasteiger partial charge in [0.15, 0.2) is 5.65 Å². The van der Waals surface area contributed by atoms with Crippen LogP contribution in [-0.4, -0.2) is 36.2 Å². The third kappa shape index (κ3) is 2.76. The summed E-state index contributed by atoms with van der Waals surface area (Å²) in [6, 6.07) is 6.27. The minimum Gasteiger partial charge on any atom is -0.312 e. The van der Waals surface area contributed by atoms with Crippen LogP contribution in [0, 0.1) is 13.8 Å². The van der Waals surface area contributed by atoms with Crippen molar-refractivity contribution in [3.8, 4) is 11.4 Å². The second kappa shape index (κ2) is 6.22. The smallest absolute Gasteiger partial charge is 0.260 e. The molecule has 2 fully saturated rings. The van der Waals surface area contributed by atoms with Crippen LogP contribution in [0.1, 0.15) is 43.0 Å². The summed E-state index contributed by atoms with van der Waals surface area (Å²) in [6.45, 7) is 4.96. The number of imidazole rings is 1. The summed E-state index contributed by atoms with van der Waals surface area (Å²) in [5, 5.41) is 9.87. The van der Waals surface area contributed by atoms with E-state index in [9.17, 15) is 4.79 Å². The highest BCUT2D eigenvalue weighted by Crippen LogP contribution is 2.45. The van der Waals surface area contributed by atoms with Gasteiger partial charge in [-0.25, -0.2) is 9.50 Å². The Balaban J connectivity index is 1.41. The van der Waals surface area contributed by atoms with Crippen molar-refractivity contribution < 1.29 is 0 Å². The van der Waals surface area contributed by atoms with E-state index in [1.807, 2.05) is 49.0 Å². The molecule has 7 nitrogen and oxygen atoms in total. The lowest BCUT2D eigenvalue weighted by Crippen LogP contribution is -2.42. The summed E-state index contributed by atoms with van der Waals surface area (Å²) < 4.78 is 3.72. The summed E-state index contributed by atoms with van der Waals surface area (Å²) in [5.74, 6) is 0. The molecule has 1 unspecified atom stereocenters. The number of fused-ring (bicyclic) bond motifs is 2. The van der Waals surface area contributed by atoms with Gasteiger partial charge in [0.1, 0.15) is 5.69 Å². The lowest BCUT2D eigenvalue weighted by Gasteiger charge is -2.31. The van der Waals surface area contributed by atoms with E-state index in [0.29, 0.717) is 5.39 Å². The first-order valence-corrected chi connectivity index (χ1v) is 10.6. The minimum absolute atomic E-state index is 0.0547. The third-order valence-electron chi connectivity index (χ3n) is 6.66. The molecule has 7 heteroatoms. The molecule has 0 bridgehead atoms. The Bertz CT molecular complexity index is 1360. The van der Waals surface area contributed by atoms with Crippen molar-refractivity contribution in [2.45, 2.75) is 51.1 Å². The summed E-state index contributed by atoms with van der Waals surface area (Å²) in [6.07, 6.45) is 10.1. The van der Waals surface area contributed by atoms with Crippen LogP contribution in [0.3, 0.4) is 0 Å². The Kier molecular flexibility index (Phi) is 3.68. The van der Waals surface area contributed by atoms with Crippen molar-refractivity contribution in [3.05, 3.63) is 58.4 Å². The fourth-order valence-corrected chi connectivity index (χ4v) is 4.85. The van der Waals surface area contributed by atoms with Gasteiger partial charge >= 0.3 is 0 Å². The minimum atomic E-state index is 0.0547. The number of pyridine rings is 2. The van der Waals surface area contributed by atoms with Crippen LogP contribution >= 0.6 is 0 Å². The third-order valence-corrected chi connectivity index (χ3v) is 6.66. The molecule has 1 aliphatic carbocycles. The molecule has 0 radical (unpaired) electrons. The van der Waals surface area contributed by atoms with Gasteiger partial charge in [-0.15, -0.1) is 0 Å². The van der Waals surface area contributed by atoms with Gasteiger partial charge in [0.25, 0.3) is 5.56 Å². The van der Waals surface area contributed by atoms with Crippen LogP contribution in [0.5, 0.6) is 0 Å². The molecule has 1 atom stereocenters. The average Bonchev–Trinajstić information content (AvgIpc) is 3.35. The van der Waals surface area contributed by atoms with E-state index in [1.165, 1.54) is 12.8 Å². The highest BCUT2D eigenvalue weighted by molar-refractivity contribution is 5.84. The van der Waals surface area contributed by atoms with Crippen LogP contribution in [-0.2, 0) is 0 Å². The van der Waals surface area contributed by atoms with Gasteiger partial charge in [-0.1, -0.05) is 0 Å². The first-order chi connectivity index (χ1) is 14.5. The molecular weight excluding hydrogens is 376 g/mol. The van der Waals surface area contributed by atoms with Crippen LogP contribution in [0.25, 0.3) is 27.8 Å². The summed E-state index contributed by atoms with van der Waals surface area (Å²) in [4.78, 5) is 22.3. The molecule has 2 aliphatic rings. The molecule has 1 aliphatic heterocycles. The number of aryl methyl sites for hydroxylation is 2. The number of nitrogens with one attached hydrogen (secondary N) is 1. The average molecular weight is 400 g/mol. The zero-order chi connectivity index (χ0) is 20.5. The topological polar surface area (TPSA) is 77.1 Å². The highest BCUT2D eigenvalue weighted by Gasteiger charge is 2.46. The Morgan fingerprint density at radius 2 is 2.07 bits per heavy atom. The molecule has 1 N–H and O–H groups in total. The Hall–Kier alpha value is -3.06. The number of rotatable bonds is 2. The summed E-state index contributed by atoms with van der Waals surface area (Å²) in [5.41, 5.74) is 4.71. The molecule has 1 saturated carbocycles. The SMILES string of the molecule is Cc1cn2nc(-c3cc4ccn(C5CCNC6(CC6)C5)c(=O)c4cn3)cc(C)c2n1. The van der Waals surface area contributed by atoms with E-state index in [-0.39, 0.29) is 17.1 Å². The van der Waals surface area contributed by atoms with Crippen molar-refractivity contribution >= 4 is 16.4 Å². The zero-order valence-corrected chi connectivity index (χ0v) is 17.2. The van der Waals surface area contributed by atoms with Crippen molar-refractivity contribution in [1.29, 1.82) is 0 Å². The van der Waals surface area contributed by atoms with Crippen molar-refractivity contribution in [1.82, 2.24) is 29.5 Å². The summed E-state index contributed by atoms with van der Waals surface area (Å²) >= 11 is 0. The fraction of sp³-hybridized carbons (Fsp3) is 0.391. The number of hydrogen-bond donors (Lipinski definition) is 1. The molecule has 152 valence electrons. The molecule has 0 aromatic carbocycles. The van der Waals surface area contributed by atoms with Crippen LogP contribution in [0.4, 0.5) is 0 Å². The monoisotopic (exact) mass is 400 g/mol. The van der Waals surface area contributed by atoms with Gasteiger partial charge in [0, 0.05) is 24.0 Å². The fourth-order valence-electron chi connectivity index (χ4n) is 4.85. The molecule has 1 saturated heterocycles. The van der Waals surface area contributed by atoms with Gasteiger partial charge in [-0.2, -0.15) is 5.10 Å². The molecule has 0 amide bonds. The van der Waals surface area contributed by atoms with Crippen LogP contribution in [0.2, 0.25) is 0 Å². The first kappa shape index (κ1) is 17.8.